The zero-order chi connectivity index (χ0) is 12.6. The molecule has 1 N–H and O–H groups in total. The van der Waals surface area contributed by atoms with Crippen molar-refractivity contribution in [3.8, 4) is 0 Å². The number of aryl methyl sites for hydroxylation is 2. The maximum Gasteiger partial charge on any atom is 0.255 e. The van der Waals surface area contributed by atoms with Crippen molar-refractivity contribution in [1.29, 1.82) is 0 Å². The van der Waals surface area contributed by atoms with Crippen LogP contribution in [-0.4, -0.2) is 26.1 Å². The predicted octanol–water partition coefficient (Wildman–Crippen LogP) is 1.59. The molecule has 17 heavy (non-hydrogen) atoms. The monoisotopic (exact) mass is 233 g/mol. The standard InChI is InChI=1S/C12H19N5/c1-6-13-12(4,5)10-15-16-11-14-8(2)7-9(3)17(10)11/h7,13H,6H2,1-5H3. The van der Waals surface area contributed by atoms with E-state index in [1.54, 1.807) is 0 Å². The largest absolute Gasteiger partial charge is 0.305 e. The smallest absolute Gasteiger partial charge is 0.255 e. The average molecular weight is 233 g/mol. The van der Waals surface area contributed by atoms with Crippen molar-refractivity contribution in [3.05, 3.63) is 23.3 Å². The normalized spacial score (nSPS) is 12.3. The molecular formula is C12H19N5. The van der Waals surface area contributed by atoms with Gasteiger partial charge in [-0.05, 0) is 40.3 Å². The molecule has 0 aliphatic heterocycles. The Balaban J connectivity index is 2.64. The molecule has 0 saturated heterocycles. The highest BCUT2D eigenvalue weighted by Crippen LogP contribution is 2.19. The zero-order valence-electron chi connectivity index (χ0n) is 11.1. The summed E-state index contributed by atoms with van der Waals surface area (Å²) in [5, 5.41) is 11.8. The fourth-order valence-corrected chi connectivity index (χ4v) is 2.16. The average Bonchev–Trinajstić information content (AvgIpc) is 2.61. The SMILES string of the molecule is CCNC(C)(C)c1nnc2nc(C)cc(C)n12. The van der Waals surface area contributed by atoms with Crippen LogP contribution in [0.2, 0.25) is 0 Å². The van der Waals surface area contributed by atoms with Gasteiger partial charge < -0.3 is 5.32 Å². The molecule has 2 heterocycles. The van der Waals surface area contributed by atoms with E-state index >= 15 is 0 Å². The Bertz CT molecular complexity index is 541. The molecule has 0 amide bonds. The first-order valence-corrected chi connectivity index (χ1v) is 5.90. The number of nitrogens with zero attached hydrogens (tertiary/aromatic N) is 4. The van der Waals surface area contributed by atoms with Crippen molar-refractivity contribution in [2.75, 3.05) is 6.54 Å². The highest BCUT2D eigenvalue weighted by Gasteiger charge is 2.26. The Morgan fingerprint density at radius 1 is 1.29 bits per heavy atom. The summed E-state index contributed by atoms with van der Waals surface area (Å²) in [6, 6.07) is 2.04. The molecule has 0 fully saturated rings. The van der Waals surface area contributed by atoms with E-state index in [0.29, 0.717) is 5.78 Å². The van der Waals surface area contributed by atoms with Crippen LogP contribution in [0.15, 0.2) is 6.07 Å². The molecule has 0 aliphatic rings. The van der Waals surface area contributed by atoms with E-state index in [2.05, 4.69) is 48.2 Å². The number of rotatable bonds is 3. The zero-order valence-corrected chi connectivity index (χ0v) is 11.1. The summed E-state index contributed by atoms with van der Waals surface area (Å²) in [4.78, 5) is 4.39. The van der Waals surface area contributed by atoms with Crippen molar-refractivity contribution in [2.24, 2.45) is 0 Å². The minimum Gasteiger partial charge on any atom is -0.305 e. The lowest BCUT2D eigenvalue weighted by Gasteiger charge is -2.24. The van der Waals surface area contributed by atoms with Gasteiger partial charge in [-0.25, -0.2) is 4.98 Å². The molecule has 5 heteroatoms. The van der Waals surface area contributed by atoms with E-state index < -0.39 is 0 Å². The van der Waals surface area contributed by atoms with Crippen molar-refractivity contribution < 1.29 is 0 Å². The minimum atomic E-state index is -0.212. The third-order valence-electron chi connectivity index (χ3n) is 2.87. The van der Waals surface area contributed by atoms with Crippen molar-refractivity contribution >= 4 is 5.78 Å². The Morgan fingerprint density at radius 2 is 2.00 bits per heavy atom. The Morgan fingerprint density at radius 3 is 2.65 bits per heavy atom. The molecule has 0 unspecified atom stereocenters. The Labute approximate surface area is 101 Å². The number of aromatic nitrogens is 4. The van der Waals surface area contributed by atoms with Gasteiger partial charge in [0.25, 0.3) is 5.78 Å². The minimum absolute atomic E-state index is 0.212. The predicted molar refractivity (Wildman–Crippen MR) is 67.0 cm³/mol. The van der Waals surface area contributed by atoms with Gasteiger partial charge in [0.15, 0.2) is 5.82 Å². The maximum atomic E-state index is 4.39. The van der Waals surface area contributed by atoms with Gasteiger partial charge in [-0.1, -0.05) is 6.92 Å². The summed E-state index contributed by atoms with van der Waals surface area (Å²) in [7, 11) is 0. The Kier molecular flexibility index (Phi) is 2.87. The van der Waals surface area contributed by atoms with Gasteiger partial charge in [-0.15, -0.1) is 10.2 Å². The lowest BCUT2D eigenvalue weighted by Crippen LogP contribution is -2.38. The summed E-state index contributed by atoms with van der Waals surface area (Å²) in [5.74, 6) is 1.57. The quantitative estimate of drug-likeness (QED) is 0.874. The number of hydrogen-bond acceptors (Lipinski definition) is 4. The van der Waals surface area contributed by atoms with Crippen molar-refractivity contribution in [1.82, 2.24) is 24.9 Å². The summed E-state index contributed by atoms with van der Waals surface area (Å²) >= 11 is 0. The van der Waals surface area contributed by atoms with Crippen LogP contribution < -0.4 is 5.32 Å². The lowest BCUT2D eigenvalue weighted by atomic mass is 10.0. The third kappa shape index (κ3) is 2.02. The second kappa shape index (κ2) is 4.07. The Hall–Kier alpha value is -1.49. The first kappa shape index (κ1) is 12.0. The summed E-state index contributed by atoms with van der Waals surface area (Å²) in [5.41, 5.74) is 1.87. The molecule has 0 bridgehead atoms. The van der Waals surface area contributed by atoms with E-state index in [9.17, 15) is 0 Å². The summed E-state index contributed by atoms with van der Waals surface area (Å²) in [6.07, 6.45) is 0. The molecule has 2 aromatic heterocycles. The van der Waals surface area contributed by atoms with E-state index in [0.717, 1.165) is 23.8 Å². The van der Waals surface area contributed by atoms with E-state index in [1.807, 2.05) is 17.4 Å². The van der Waals surface area contributed by atoms with Crippen molar-refractivity contribution in [2.45, 2.75) is 40.2 Å². The highest BCUT2D eigenvalue weighted by atomic mass is 15.3. The molecular weight excluding hydrogens is 214 g/mol. The molecule has 0 aliphatic carbocycles. The van der Waals surface area contributed by atoms with E-state index in [1.165, 1.54) is 0 Å². The second-order valence-corrected chi connectivity index (χ2v) is 4.85. The molecule has 2 aromatic rings. The van der Waals surface area contributed by atoms with Crippen LogP contribution in [0.25, 0.3) is 5.78 Å². The highest BCUT2D eigenvalue weighted by molar-refractivity contribution is 5.34. The first-order valence-electron chi connectivity index (χ1n) is 5.90. The van der Waals surface area contributed by atoms with Crippen LogP contribution in [0.1, 0.15) is 38.0 Å². The topological polar surface area (TPSA) is 55.1 Å². The van der Waals surface area contributed by atoms with Gasteiger partial charge in [0, 0.05) is 11.4 Å². The molecule has 5 nitrogen and oxygen atoms in total. The van der Waals surface area contributed by atoms with Gasteiger partial charge >= 0.3 is 0 Å². The number of fused-ring (bicyclic) bond motifs is 1. The first-order chi connectivity index (χ1) is 7.95. The molecule has 0 saturated carbocycles. The van der Waals surface area contributed by atoms with Crippen LogP contribution in [-0.2, 0) is 5.54 Å². The van der Waals surface area contributed by atoms with Gasteiger partial charge in [0.1, 0.15) is 0 Å². The second-order valence-electron chi connectivity index (χ2n) is 4.85. The summed E-state index contributed by atoms with van der Waals surface area (Å²) < 4.78 is 2.01. The molecule has 0 radical (unpaired) electrons. The van der Waals surface area contributed by atoms with E-state index in [4.69, 9.17) is 0 Å². The van der Waals surface area contributed by atoms with Crippen molar-refractivity contribution in [3.63, 3.8) is 0 Å². The fourth-order valence-electron chi connectivity index (χ4n) is 2.16. The van der Waals surface area contributed by atoms with Gasteiger partial charge in [0.05, 0.1) is 5.54 Å². The molecule has 0 spiro atoms. The van der Waals surface area contributed by atoms with Crippen LogP contribution in [0, 0.1) is 13.8 Å². The van der Waals surface area contributed by atoms with Crippen LogP contribution in [0.4, 0.5) is 0 Å². The molecule has 0 atom stereocenters. The number of hydrogen-bond donors (Lipinski definition) is 1. The van der Waals surface area contributed by atoms with E-state index in [-0.39, 0.29) is 5.54 Å². The fraction of sp³-hybridized carbons (Fsp3) is 0.583. The third-order valence-corrected chi connectivity index (χ3v) is 2.87. The molecule has 92 valence electrons. The van der Waals surface area contributed by atoms with Gasteiger partial charge in [-0.2, -0.15) is 0 Å². The van der Waals surface area contributed by atoms with Crippen LogP contribution in [0.3, 0.4) is 0 Å². The number of nitrogens with one attached hydrogen (secondary N) is 1. The van der Waals surface area contributed by atoms with Gasteiger partial charge in [0.2, 0.25) is 0 Å². The van der Waals surface area contributed by atoms with Crippen LogP contribution >= 0.6 is 0 Å². The lowest BCUT2D eigenvalue weighted by molar-refractivity contribution is 0.387. The molecule has 0 aromatic carbocycles. The maximum absolute atomic E-state index is 4.39. The van der Waals surface area contributed by atoms with Gasteiger partial charge in [-0.3, -0.25) is 4.40 Å². The summed E-state index contributed by atoms with van der Waals surface area (Å²) in [6.45, 7) is 11.2. The molecule has 2 rings (SSSR count). The van der Waals surface area contributed by atoms with Crippen LogP contribution in [0.5, 0.6) is 0 Å².